The Hall–Kier alpha value is -3.26. The Kier molecular flexibility index (Phi) is 10.5. The SMILES string of the molecule is CC(C)C[C@H](NC(=O)[C@H](CCCN=C(N)N[N+](=O)[O-])NS(=O)(=O)c1ccccc1)C(N)=O. The molecular weight excluding hydrogens is 442 g/mol. The van der Waals surface area contributed by atoms with E-state index in [-0.39, 0.29) is 36.6 Å². The third-order valence-electron chi connectivity index (χ3n) is 4.17. The van der Waals surface area contributed by atoms with E-state index in [0.29, 0.717) is 0 Å². The molecule has 178 valence electrons. The fourth-order valence-electron chi connectivity index (χ4n) is 2.71. The molecule has 0 aromatic heterocycles. The van der Waals surface area contributed by atoms with Crippen molar-refractivity contribution in [2.45, 2.75) is 50.1 Å². The van der Waals surface area contributed by atoms with Crippen LogP contribution in [0.5, 0.6) is 0 Å². The topological polar surface area (TPSA) is 212 Å². The zero-order valence-electron chi connectivity index (χ0n) is 17.9. The van der Waals surface area contributed by atoms with Gasteiger partial charge in [-0.3, -0.25) is 9.59 Å². The number of aliphatic imine (C=N–C) groups is 1. The second-order valence-corrected chi connectivity index (χ2v) is 9.07. The smallest absolute Gasteiger partial charge is 0.251 e. The van der Waals surface area contributed by atoms with Crippen LogP contribution in [0.15, 0.2) is 40.2 Å². The quantitative estimate of drug-likeness (QED) is 0.0807. The van der Waals surface area contributed by atoms with E-state index in [2.05, 4.69) is 15.0 Å². The van der Waals surface area contributed by atoms with Crippen molar-refractivity contribution in [3.05, 3.63) is 40.4 Å². The number of nitro groups is 1. The number of carbonyl (C=O) groups excluding carboxylic acids is 2. The Morgan fingerprint density at radius 3 is 2.31 bits per heavy atom. The third-order valence-corrected chi connectivity index (χ3v) is 5.66. The van der Waals surface area contributed by atoms with Crippen molar-refractivity contribution in [1.82, 2.24) is 15.5 Å². The molecule has 1 rings (SSSR count). The summed E-state index contributed by atoms with van der Waals surface area (Å²) in [6, 6.07) is 5.25. The molecule has 0 unspecified atom stereocenters. The molecule has 0 saturated carbocycles. The third kappa shape index (κ3) is 9.70. The van der Waals surface area contributed by atoms with E-state index in [0.717, 1.165) is 0 Å². The largest absolute Gasteiger partial charge is 0.368 e. The zero-order chi connectivity index (χ0) is 24.3. The van der Waals surface area contributed by atoms with Gasteiger partial charge in [0.2, 0.25) is 21.8 Å². The summed E-state index contributed by atoms with van der Waals surface area (Å²) in [5, 5.41) is 12.0. The van der Waals surface area contributed by atoms with Gasteiger partial charge in [-0.25, -0.2) is 23.5 Å². The number of nitrogens with two attached hydrogens (primary N) is 2. The van der Waals surface area contributed by atoms with Crippen molar-refractivity contribution in [2.75, 3.05) is 6.54 Å². The number of benzene rings is 1. The minimum atomic E-state index is -4.04. The van der Waals surface area contributed by atoms with Crippen LogP contribution in [0.25, 0.3) is 0 Å². The maximum atomic E-state index is 12.8. The van der Waals surface area contributed by atoms with Crippen molar-refractivity contribution in [3.63, 3.8) is 0 Å². The number of guanidine groups is 1. The predicted octanol–water partition coefficient (Wildman–Crippen LogP) is -0.774. The molecule has 0 bridgehead atoms. The summed E-state index contributed by atoms with van der Waals surface area (Å²) in [5.74, 6) is -1.83. The lowest BCUT2D eigenvalue weighted by Crippen LogP contribution is -2.53. The Morgan fingerprint density at radius 1 is 1.16 bits per heavy atom. The van der Waals surface area contributed by atoms with Gasteiger partial charge in [0.15, 0.2) is 5.03 Å². The van der Waals surface area contributed by atoms with Crippen LogP contribution in [-0.4, -0.2) is 49.9 Å². The summed E-state index contributed by atoms with van der Waals surface area (Å²) in [6.45, 7) is 3.69. The highest BCUT2D eigenvalue weighted by Gasteiger charge is 2.28. The van der Waals surface area contributed by atoms with Crippen molar-refractivity contribution >= 4 is 27.8 Å². The van der Waals surface area contributed by atoms with E-state index in [1.54, 1.807) is 11.5 Å². The first kappa shape index (κ1) is 26.8. The van der Waals surface area contributed by atoms with Crippen LogP contribution >= 0.6 is 0 Å². The predicted molar refractivity (Wildman–Crippen MR) is 117 cm³/mol. The number of sulfonamides is 1. The first-order valence-corrected chi connectivity index (χ1v) is 11.3. The molecule has 0 spiro atoms. The number of hydrogen-bond acceptors (Lipinski definition) is 7. The highest BCUT2D eigenvalue weighted by molar-refractivity contribution is 7.89. The summed E-state index contributed by atoms with van der Waals surface area (Å²) >= 11 is 0. The highest BCUT2D eigenvalue weighted by Crippen LogP contribution is 2.11. The van der Waals surface area contributed by atoms with Gasteiger partial charge < -0.3 is 16.8 Å². The molecule has 0 aliphatic heterocycles. The number of hydrogen-bond donors (Lipinski definition) is 5. The molecule has 14 heteroatoms. The van der Waals surface area contributed by atoms with Crippen molar-refractivity contribution in [3.8, 4) is 0 Å². The van der Waals surface area contributed by atoms with Crippen LogP contribution in [0.1, 0.15) is 33.1 Å². The lowest BCUT2D eigenvalue weighted by Gasteiger charge is -2.22. The number of rotatable bonds is 13. The first-order chi connectivity index (χ1) is 14.9. The van der Waals surface area contributed by atoms with Crippen LogP contribution < -0.4 is 26.9 Å². The molecule has 0 radical (unpaired) electrons. The van der Waals surface area contributed by atoms with E-state index < -0.39 is 44.9 Å². The number of hydrazine groups is 1. The van der Waals surface area contributed by atoms with Gasteiger partial charge in [0.05, 0.1) is 4.90 Å². The average Bonchev–Trinajstić information content (AvgIpc) is 2.69. The molecule has 0 aliphatic rings. The normalized spacial score (nSPS) is 13.9. The number of amides is 2. The van der Waals surface area contributed by atoms with Crippen molar-refractivity contribution in [1.29, 1.82) is 0 Å². The Labute approximate surface area is 186 Å². The zero-order valence-corrected chi connectivity index (χ0v) is 18.7. The van der Waals surface area contributed by atoms with E-state index in [9.17, 15) is 28.1 Å². The van der Waals surface area contributed by atoms with Crippen LogP contribution in [0, 0.1) is 16.0 Å². The molecule has 7 N–H and O–H groups in total. The van der Waals surface area contributed by atoms with E-state index >= 15 is 0 Å². The standard InChI is InChI=1S/C18H29N7O6S/c1-12(2)11-15(16(19)26)22-17(27)14(9-6-10-21-18(20)23-25(28)29)24-32(30,31)13-7-4-3-5-8-13/h3-5,7-8,12,14-15,24H,6,9-11H2,1-2H3,(H2,19,26)(H,22,27)(H3,20,21,23)/t14-,15-/m0/s1. The van der Waals surface area contributed by atoms with Gasteiger partial charge in [-0.2, -0.15) is 4.72 Å². The summed E-state index contributed by atoms with van der Waals surface area (Å²) in [4.78, 5) is 38.5. The summed E-state index contributed by atoms with van der Waals surface area (Å²) in [5.41, 5.74) is 12.4. The highest BCUT2D eigenvalue weighted by atomic mass is 32.2. The fourth-order valence-corrected chi connectivity index (χ4v) is 3.96. The van der Waals surface area contributed by atoms with Crippen LogP contribution in [0.2, 0.25) is 0 Å². The molecule has 0 aliphatic carbocycles. The van der Waals surface area contributed by atoms with Gasteiger partial charge >= 0.3 is 0 Å². The van der Waals surface area contributed by atoms with E-state index in [4.69, 9.17) is 11.5 Å². The maximum absolute atomic E-state index is 12.8. The van der Waals surface area contributed by atoms with E-state index in [1.807, 2.05) is 13.8 Å². The molecule has 0 heterocycles. The number of nitrogens with one attached hydrogen (secondary N) is 3. The Balaban J connectivity index is 2.97. The number of nitrogens with zero attached hydrogens (tertiary/aromatic N) is 2. The van der Waals surface area contributed by atoms with Gasteiger partial charge in [-0.1, -0.05) is 37.5 Å². The fraction of sp³-hybridized carbons (Fsp3) is 0.500. The van der Waals surface area contributed by atoms with E-state index in [1.165, 1.54) is 24.3 Å². The average molecular weight is 472 g/mol. The van der Waals surface area contributed by atoms with Crippen molar-refractivity contribution in [2.24, 2.45) is 22.4 Å². The molecule has 0 saturated heterocycles. The second kappa shape index (κ2) is 12.6. The van der Waals surface area contributed by atoms with Gasteiger partial charge in [-0.15, -0.1) is 0 Å². The monoisotopic (exact) mass is 471 g/mol. The number of primary amides is 1. The van der Waals surface area contributed by atoms with Crippen molar-refractivity contribution < 1.29 is 23.0 Å². The van der Waals surface area contributed by atoms with Gasteiger partial charge in [0.25, 0.3) is 5.96 Å². The molecule has 1 aromatic carbocycles. The summed E-state index contributed by atoms with van der Waals surface area (Å²) < 4.78 is 27.7. The molecule has 2 atom stereocenters. The minimum Gasteiger partial charge on any atom is -0.368 e. The van der Waals surface area contributed by atoms with Gasteiger partial charge in [-0.05, 0) is 37.3 Å². The molecule has 2 amide bonds. The lowest BCUT2D eigenvalue weighted by atomic mass is 10.0. The van der Waals surface area contributed by atoms with Gasteiger partial charge in [0, 0.05) is 6.54 Å². The summed E-state index contributed by atoms with van der Waals surface area (Å²) in [6.07, 6.45) is 0.438. The van der Waals surface area contributed by atoms with Crippen LogP contribution in [0.4, 0.5) is 0 Å². The molecular formula is C18H29N7O6S. The van der Waals surface area contributed by atoms with Gasteiger partial charge in [0.1, 0.15) is 12.1 Å². The molecule has 0 fully saturated rings. The Morgan fingerprint density at radius 2 is 1.78 bits per heavy atom. The second-order valence-electron chi connectivity index (χ2n) is 7.36. The molecule has 13 nitrogen and oxygen atoms in total. The minimum absolute atomic E-state index is 0.00520. The summed E-state index contributed by atoms with van der Waals surface area (Å²) in [7, 11) is -4.04. The number of carbonyl (C=O) groups is 2. The maximum Gasteiger partial charge on any atom is 0.251 e. The lowest BCUT2D eigenvalue weighted by molar-refractivity contribution is -0.525. The van der Waals surface area contributed by atoms with Crippen LogP contribution in [0.3, 0.4) is 0 Å². The first-order valence-electron chi connectivity index (χ1n) is 9.80. The van der Waals surface area contributed by atoms with Crippen LogP contribution in [-0.2, 0) is 19.6 Å². The Bertz CT molecular complexity index is 921. The molecule has 1 aromatic rings. The molecule has 32 heavy (non-hydrogen) atoms.